The number of likely N-dealkylation sites (tertiary alicyclic amines) is 1. The Labute approximate surface area is 194 Å². The summed E-state index contributed by atoms with van der Waals surface area (Å²) >= 11 is 0. The molecule has 2 N–H and O–H groups in total. The lowest BCUT2D eigenvalue weighted by atomic mass is 9.78. The topological polar surface area (TPSA) is 91.3 Å². The number of ether oxygens (including phenoxy) is 1. The number of aromatic hydroxyl groups is 1. The van der Waals surface area contributed by atoms with Crippen molar-refractivity contribution in [2.75, 3.05) is 19.7 Å². The zero-order chi connectivity index (χ0) is 23.1. The van der Waals surface area contributed by atoms with Crippen LogP contribution >= 0.6 is 0 Å². The van der Waals surface area contributed by atoms with Gasteiger partial charge in [-0.05, 0) is 75.3 Å². The molecule has 1 aliphatic carbocycles. The van der Waals surface area contributed by atoms with Crippen LogP contribution in [-0.2, 0) is 9.53 Å². The molecule has 3 aromatic rings. The van der Waals surface area contributed by atoms with Crippen LogP contribution in [0.1, 0.15) is 44.9 Å². The number of hydrogen-bond acceptors (Lipinski definition) is 5. The Morgan fingerprint density at radius 2 is 1.85 bits per heavy atom. The van der Waals surface area contributed by atoms with Crippen molar-refractivity contribution in [3.63, 3.8) is 0 Å². The second-order valence-electron chi connectivity index (χ2n) is 8.75. The molecule has 1 aromatic carbocycles. The monoisotopic (exact) mass is 448 g/mol. The number of carbonyl (C=O) groups is 1. The van der Waals surface area contributed by atoms with Gasteiger partial charge in [0, 0.05) is 36.8 Å². The standard InChI is InChI=1S/C12H9N3O.C7H11NO.C7H12O/c16-11-4-2-1-3-9(11)10-7-8-5-6-13-12(8)15-14-10;1-2-7(9)8-5-3-4-6-8;1-3-7(4-1)5-2-6-8-7/h1-7,16H,(H,13,15);2H,1,3-6H2;1-6H2. The Bertz CT molecular complexity index is 1080. The van der Waals surface area contributed by atoms with Crippen LogP contribution in [0.25, 0.3) is 22.3 Å². The second kappa shape index (κ2) is 10.6. The van der Waals surface area contributed by atoms with E-state index >= 15 is 0 Å². The molecule has 4 heterocycles. The number of amides is 1. The molecule has 174 valence electrons. The number of nitrogens with one attached hydrogen (secondary N) is 1. The van der Waals surface area contributed by atoms with E-state index in [0.29, 0.717) is 16.9 Å². The predicted octanol–water partition coefficient (Wildman–Crippen LogP) is 4.84. The van der Waals surface area contributed by atoms with Crippen molar-refractivity contribution in [3.05, 3.63) is 55.3 Å². The first-order valence-corrected chi connectivity index (χ1v) is 11.7. The molecule has 0 atom stereocenters. The first-order chi connectivity index (χ1) is 16.1. The van der Waals surface area contributed by atoms with Crippen LogP contribution in [0.15, 0.2) is 55.3 Å². The molecule has 1 saturated carbocycles. The molecule has 3 fully saturated rings. The summed E-state index contributed by atoms with van der Waals surface area (Å²) in [5, 5.41) is 18.8. The molecule has 7 heteroatoms. The number of nitrogens with zero attached hydrogens (tertiary/aromatic N) is 3. The molecule has 2 saturated heterocycles. The molecular formula is C26H32N4O3. The molecule has 7 nitrogen and oxygen atoms in total. The van der Waals surface area contributed by atoms with Gasteiger partial charge in [0.2, 0.25) is 5.91 Å². The summed E-state index contributed by atoms with van der Waals surface area (Å²) in [5.41, 5.74) is 2.53. The molecule has 1 amide bonds. The molecule has 1 spiro atoms. The van der Waals surface area contributed by atoms with Crippen molar-refractivity contribution < 1.29 is 14.6 Å². The first-order valence-electron chi connectivity index (χ1n) is 11.7. The minimum absolute atomic E-state index is 0.0764. The van der Waals surface area contributed by atoms with Gasteiger partial charge in [-0.3, -0.25) is 4.79 Å². The van der Waals surface area contributed by atoms with Crippen molar-refractivity contribution in [1.82, 2.24) is 20.1 Å². The molecule has 2 aromatic heterocycles. The van der Waals surface area contributed by atoms with Gasteiger partial charge in [-0.15, -0.1) is 10.2 Å². The van der Waals surface area contributed by atoms with E-state index in [1.54, 1.807) is 12.1 Å². The fraction of sp³-hybridized carbons (Fsp3) is 0.423. The van der Waals surface area contributed by atoms with Crippen LogP contribution in [0.3, 0.4) is 0 Å². The average molecular weight is 449 g/mol. The van der Waals surface area contributed by atoms with Crippen LogP contribution in [-0.4, -0.2) is 56.4 Å². The van der Waals surface area contributed by atoms with E-state index in [4.69, 9.17) is 4.74 Å². The zero-order valence-corrected chi connectivity index (χ0v) is 19.0. The third kappa shape index (κ3) is 5.60. The normalized spacial score (nSPS) is 18.1. The van der Waals surface area contributed by atoms with Crippen LogP contribution in [0.5, 0.6) is 5.75 Å². The lowest BCUT2D eigenvalue weighted by Gasteiger charge is -2.36. The average Bonchev–Trinajstić information content (AvgIpc) is 3.60. The van der Waals surface area contributed by atoms with Gasteiger partial charge < -0.3 is 19.7 Å². The van der Waals surface area contributed by atoms with Gasteiger partial charge >= 0.3 is 0 Å². The molecule has 2 aliphatic heterocycles. The number of H-pyrrole nitrogens is 1. The fourth-order valence-corrected chi connectivity index (χ4v) is 4.46. The number of phenols is 1. The van der Waals surface area contributed by atoms with Gasteiger partial charge in [-0.25, -0.2) is 0 Å². The number of benzene rings is 1. The smallest absolute Gasteiger partial charge is 0.245 e. The van der Waals surface area contributed by atoms with E-state index in [2.05, 4.69) is 21.8 Å². The van der Waals surface area contributed by atoms with Crippen LogP contribution in [0.2, 0.25) is 0 Å². The largest absolute Gasteiger partial charge is 0.507 e. The van der Waals surface area contributed by atoms with Gasteiger partial charge in [0.05, 0.1) is 11.3 Å². The maximum Gasteiger partial charge on any atom is 0.245 e. The predicted molar refractivity (Wildman–Crippen MR) is 129 cm³/mol. The molecule has 6 rings (SSSR count). The summed E-state index contributed by atoms with van der Waals surface area (Å²) in [7, 11) is 0. The minimum Gasteiger partial charge on any atom is -0.507 e. The molecule has 0 unspecified atom stereocenters. The lowest BCUT2D eigenvalue weighted by molar-refractivity contribution is -0.124. The number of phenolic OH excluding ortho intramolecular Hbond substituents is 1. The summed E-state index contributed by atoms with van der Waals surface area (Å²) in [5.74, 6) is 0.291. The summed E-state index contributed by atoms with van der Waals surface area (Å²) in [6.45, 7) is 6.28. The van der Waals surface area contributed by atoms with Crippen molar-refractivity contribution in [1.29, 1.82) is 0 Å². The summed E-state index contributed by atoms with van der Waals surface area (Å²) in [4.78, 5) is 15.6. The molecule has 0 bridgehead atoms. The molecule has 3 aliphatic rings. The van der Waals surface area contributed by atoms with Gasteiger partial charge in [-0.2, -0.15) is 0 Å². The number of fused-ring (bicyclic) bond motifs is 1. The van der Waals surface area contributed by atoms with Gasteiger partial charge in [0.1, 0.15) is 5.75 Å². The van der Waals surface area contributed by atoms with Crippen LogP contribution in [0, 0.1) is 0 Å². The highest BCUT2D eigenvalue weighted by molar-refractivity contribution is 5.87. The van der Waals surface area contributed by atoms with Crippen LogP contribution < -0.4 is 0 Å². The highest BCUT2D eigenvalue weighted by Gasteiger charge is 2.40. The number of carbonyl (C=O) groups excluding carboxylic acids is 1. The Hall–Kier alpha value is -3.19. The Balaban J connectivity index is 0.000000129. The quantitative estimate of drug-likeness (QED) is 0.547. The summed E-state index contributed by atoms with van der Waals surface area (Å²) in [6.07, 6.45) is 12.2. The van der Waals surface area contributed by atoms with E-state index < -0.39 is 0 Å². The van der Waals surface area contributed by atoms with Gasteiger partial charge in [0.15, 0.2) is 5.65 Å². The summed E-state index contributed by atoms with van der Waals surface area (Å²) in [6, 6.07) is 10.9. The number of rotatable bonds is 2. The fourth-order valence-electron chi connectivity index (χ4n) is 4.46. The highest BCUT2D eigenvalue weighted by Crippen LogP contribution is 2.42. The minimum atomic E-state index is 0.0764. The third-order valence-corrected chi connectivity index (χ3v) is 6.53. The highest BCUT2D eigenvalue weighted by atomic mass is 16.5. The van der Waals surface area contributed by atoms with E-state index in [0.717, 1.165) is 43.6 Å². The Morgan fingerprint density at radius 1 is 1.09 bits per heavy atom. The van der Waals surface area contributed by atoms with Gasteiger partial charge in [-0.1, -0.05) is 18.7 Å². The second-order valence-corrected chi connectivity index (χ2v) is 8.75. The first kappa shape index (κ1) is 23.0. The van der Waals surface area contributed by atoms with Crippen LogP contribution in [0.4, 0.5) is 0 Å². The van der Waals surface area contributed by atoms with E-state index in [-0.39, 0.29) is 11.7 Å². The molecular weight excluding hydrogens is 416 g/mol. The van der Waals surface area contributed by atoms with Crippen molar-refractivity contribution in [2.24, 2.45) is 0 Å². The molecule has 0 radical (unpaired) electrons. The number of hydrogen-bond donors (Lipinski definition) is 2. The number of aromatic amines is 1. The van der Waals surface area contributed by atoms with Crippen molar-refractivity contribution in [2.45, 2.75) is 50.5 Å². The Morgan fingerprint density at radius 3 is 2.45 bits per heavy atom. The summed E-state index contributed by atoms with van der Waals surface area (Å²) < 4.78 is 5.58. The zero-order valence-electron chi connectivity index (χ0n) is 19.0. The molecule has 33 heavy (non-hydrogen) atoms. The lowest BCUT2D eigenvalue weighted by Crippen LogP contribution is -2.35. The van der Waals surface area contributed by atoms with Gasteiger partial charge in [0.25, 0.3) is 0 Å². The number of aromatic nitrogens is 3. The van der Waals surface area contributed by atoms with E-state index in [1.165, 1.54) is 38.2 Å². The maximum atomic E-state index is 10.8. The number of para-hydroxylation sites is 1. The SMILES string of the molecule is C1COC2(C1)CCC2.C=CC(=O)N1CCCC1.Oc1ccccc1-c1cc2cc[nH]c2nn1. The third-order valence-electron chi connectivity index (χ3n) is 6.53. The maximum absolute atomic E-state index is 10.8. The van der Waals surface area contributed by atoms with Crippen molar-refractivity contribution in [3.8, 4) is 17.0 Å². The van der Waals surface area contributed by atoms with E-state index in [1.807, 2.05) is 35.4 Å². The van der Waals surface area contributed by atoms with E-state index in [9.17, 15) is 9.90 Å². The Kier molecular flexibility index (Phi) is 7.40. The van der Waals surface area contributed by atoms with Crippen molar-refractivity contribution >= 4 is 16.9 Å².